The molecule has 1 amide bonds. The molecule has 0 spiro atoms. The number of carbonyl (C=O) groups excluding carboxylic acids is 1. The third kappa shape index (κ3) is 3.29. The van der Waals surface area contributed by atoms with Crippen molar-refractivity contribution < 1.29 is 4.79 Å². The highest BCUT2D eigenvalue weighted by molar-refractivity contribution is 6.00. The molecule has 1 aromatic heterocycles. The quantitative estimate of drug-likeness (QED) is 0.686. The molecular formula is C16H17N3O. The Balaban J connectivity index is 2.11. The van der Waals surface area contributed by atoms with E-state index in [2.05, 4.69) is 35.4 Å². The van der Waals surface area contributed by atoms with Crippen molar-refractivity contribution >= 4 is 11.6 Å². The number of hydrogen-bond donors (Lipinski definition) is 1. The highest BCUT2D eigenvalue weighted by atomic mass is 16.2. The van der Waals surface area contributed by atoms with Crippen LogP contribution < -0.4 is 5.43 Å². The normalized spacial score (nSPS) is 11.2. The van der Waals surface area contributed by atoms with E-state index in [-0.39, 0.29) is 5.91 Å². The van der Waals surface area contributed by atoms with Gasteiger partial charge in [0.15, 0.2) is 0 Å². The van der Waals surface area contributed by atoms with Crippen molar-refractivity contribution in [3.05, 3.63) is 65.0 Å². The lowest BCUT2D eigenvalue weighted by Gasteiger charge is -2.05. The van der Waals surface area contributed by atoms with E-state index in [1.54, 1.807) is 24.5 Å². The minimum absolute atomic E-state index is 0.240. The molecule has 0 aliphatic heterocycles. The van der Waals surface area contributed by atoms with Crippen molar-refractivity contribution in [1.29, 1.82) is 0 Å². The second-order valence-electron chi connectivity index (χ2n) is 4.67. The summed E-state index contributed by atoms with van der Waals surface area (Å²) in [7, 11) is 0. The van der Waals surface area contributed by atoms with Crippen molar-refractivity contribution in [2.75, 3.05) is 0 Å². The van der Waals surface area contributed by atoms with Crippen LogP contribution in [0.2, 0.25) is 0 Å². The second-order valence-corrected chi connectivity index (χ2v) is 4.67. The molecule has 0 fully saturated rings. The Labute approximate surface area is 118 Å². The van der Waals surface area contributed by atoms with E-state index < -0.39 is 0 Å². The van der Waals surface area contributed by atoms with Crippen LogP contribution in [0, 0.1) is 13.8 Å². The number of rotatable bonds is 3. The van der Waals surface area contributed by atoms with E-state index in [0.29, 0.717) is 5.56 Å². The first-order valence-corrected chi connectivity index (χ1v) is 6.40. The average Bonchev–Trinajstić information content (AvgIpc) is 2.48. The molecule has 0 unspecified atom stereocenters. The average molecular weight is 267 g/mol. The number of nitrogens with zero attached hydrogens (tertiary/aromatic N) is 2. The van der Waals surface area contributed by atoms with E-state index in [1.807, 2.05) is 19.1 Å². The highest BCUT2D eigenvalue weighted by Gasteiger charge is 2.04. The van der Waals surface area contributed by atoms with Gasteiger partial charge in [-0.05, 0) is 55.7 Å². The van der Waals surface area contributed by atoms with Gasteiger partial charge in [-0.3, -0.25) is 9.78 Å². The molecule has 1 aromatic carbocycles. The number of benzene rings is 1. The topological polar surface area (TPSA) is 54.4 Å². The number of nitrogens with one attached hydrogen (secondary N) is 1. The maximum absolute atomic E-state index is 11.9. The van der Waals surface area contributed by atoms with Crippen LogP contribution >= 0.6 is 0 Å². The summed E-state index contributed by atoms with van der Waals surface area (Å²) >= 11 is 0. The molecule has 1 heterocycles. The highest BCUT2D eigenvalue weighted by Crippen LogP contribution is 2.10. The van der Waals surface area contributed by atoms with Crippen LogP contribution in [0.4, 0.5) is 0 Å². The van der Waals surface area contributed by atoms with Gasteiger partial charge < -0.3 is 0 Å². The molecular weight excluding hydrogens is 250 g/mol. The van der Waals surface area contributed by atoms with Gasteiger partial charge in [-0.1, -0.05) is 12.1 Å². The molecule has 4 heteroatoms. The van der Waals surface area contributed by atoms with Crippen molar-refractivity contribution in [2.24, 2.45) is 5.10 Å². The van der Waals surface area contributed by atoms with Gasteiger partial charge in [0.2, 0.25) is 0 Å². The van der Waals surface area contributed by atoms with Gasteiger partial charge in [-0.15, -0.1) is 0 Å². The third-order valence-electron chi connectivity index (χ3n) is 3.19. The van der Waals surface area contributed by atoms with Gasteiger partial charge in [0.25, 0.3) is 5.91 Å². The summed E-state index contributed by atoms with van der Waals surface area (Å²) in [6.45, 7) is 6.00. The van der Waals surface area contributed by atoms with Gasteiger partial charge in [0.1, 0.15) is 0 Å². The molecule has 0 radical (unpaired) electrons. The summed E-state index contributed by atoms with van der Waals surface area (Å²) in [5.41, 5.74) is 7.31. The summed E-state index contributed by atoms with van der Waals surface area (Å²) in [6, 6.07) is 9.41. The Hall–Kier alpha value is -2.49. The predicted octanol–water partition coefficient (Wildman–Crippen LogP) is 2.85. The van der Waals surface area contributed by atoms with E-state index >= 15 is 0 Å². The Kier molecular flexibility index (Phi) is 4.25. The summed E-state index contributed by atoms with van der Waals surface area (Å²) in [5.74, 6) is -0.240. The number of amides is 1. The molecule has 2 rings (SSSR count). The number of aryl methyl sites for hydroxylation is 2. The van der Waals surface area contributed by atoms with E-state index in [1.165, 1.54) is 11.1 Å². The summed E-state index contributed by atoms with van der Waals surface area (Å²) in [5, 5.41) is 4.14. The van der Waals surface area contributed by atoms with Gasteiger partial charge in [0, 0.05) is 18.0 Å². The monoisotopic (exact) mass is 267 g/mol. The maximum Gasteiger partial charge on any atom is 0.271 e. The molecule has 0 saturated heterocycles. The molecule has 102 valence electrons. The van der Waals surface area contributed by atoms with Crippen molar-refractivity contribution in [1.82, 2.24) is 10.4 Å². The first-order chi connectivity index (χ1) is 9.58. The smallest absolute Gasteiger partial charge is 0.267 e. The van der Waals surface area contributed by atoms with Crippen LogP contribution in [0.25, 0.3) is 0 Å². The molecule has 0 saturated carbocycles. The fourth-order valence-corrected chi connectivity index (χ4v) is 1.73. The molecule has 4 nitrogen and oxygen atoms in total. The maximum atomic E-state index is 11.9. The third-order valence-corrected chi connectivity index (χ3v) is 3.19. The number of hydrazone groups is 1. The largest absolute Gasteiger partial charge is 0.271 e. The van der Waals surface area contributed by atoms with Crippen molar-refractivity contribution in [2.45, 2.75) is 20.8 Å². The lowest BCUT2D eigenvalue weighted by molar-refractivity contribution is 0.0954. The van der Waals surface area contributed by atoms with Gasteiger partial charge >= 0.3 is 0 Å². The summed E-state index contributed by atoms with van der Waals surface area (Å²) in [6.07, 6.45) is 3.16. The van der Waals surface area contributed by atoms with Gasteiger partial charge in [0.05, 0.1) is 5.71 Å². The van der Waals surface area contributed by atoms with E-state index in [0.717, 1.165) is 11.3 Å². The zero-order valence-corrected chi connectivity index (χ0v) is 11.8. The van der Waals surface area contributed by atoms with Crippen LogP contribution in [0.5, 0.6) is 0 Å². The van der Waals surface area contributed by atoms with E-state index in [9.17, 15) is 4.79 Å². The Morgan fingerprint density at radius 1 is 1.05 bits per heavy atom. The predicted molar refractivity (Wildman–Crippen MR) is 79.8 cm³/mol. The van der Waals surface area contributed by atoms with Crippen LogP contribution in [-0.4, -0.2) is 16.6 Å². The van der Waals surface area contributed by atoms with Crippen molar-refractivity contribution in [3.63, 3.8) is 0 Å². The fourth-order valence-electron chi connectivity index (χ4n) is 1.73. The number of aromatic nitrogens is 1. The second kappa shape index (κ2) is 6.10. The fraction of sp³-hybridized carbons (Fsp3) is 0.188. The summed E-state index contributed by atoms with van der Waals surface area (Å²) in [4.78, 5) is 15.7. The SMILES string of the molecule is C/C(=N\NC(=O)c1ccncc1)c1ccc(C)c(C)c1. The molecule has 20 heavy (non-hydrogen) atoms. The molecule has 0 bridgehead atoms. The first-order valence-electron chi connectivity index (χ1n) is 6.40. The number of carbonyl (C=O) groups is 1. The summed E-state index contributed by atoms with van der Waals surface area (Å²) < 4.78 is 0. The number of pyridine rings is 1. The van der Waals surface area contributed by atoms with Crippen LogP contribution in [-0.2, 0) is 0 Å². The molecule has 1 N–H and O–H groups in total. The van der Waals surface area contributed by atoms with Gasteiger partial charge in [-0.2, -0.15) is 5.10 Å². The molecule has 0 aliphatic rings. The minimum Gasteiger partial charge on any atom is -0.267 e. The lowest BCUT2D eigenvalue weighted by atomic mass is 10.0. The minimum atomic E-state index is -0.240. The van der Waals surface area contributed by atoms with Crippen molar-refractivity contribution in [3.8, 4) is 0 Å². The van der Waals surface area contributed by atoms with E-state index in [4.69, 9.17) is 0 Å². The zero-order chi connectivity index (χ0) is 14.5. The Morgan fingerprint density at radius 2 is 1.75 bits per heavy atom. The standard InChI is InChI=1S/C16H17N3O/c1-11-4-5-15(10-12(11)2)13(3)18-19-16(20)14-6-8-17-9-7-14/h4-10H,1-3H3,(H,19,20)/b18-13+. The number of hydrogen-bond acceptors (Lipinski definition) is 3. The first kappa shape index (κ1) is 13.9. The Morgan fingerprint density at radius 3 is 2.40 bits per heavy atom. The van der Waals surface area contributed by atoms with Crippen LogP contribution in [0.15, 0.2) is 47.8 Å². The molecule has 2 aromatic rings. The van der Waals surface area contributed by atoms with Gasteiger partial charge in [-0.25, -0.2) is 5.43 Å². The molecule has 0 atom stereocenters. The van der Waals surface area contributed by atoms with Crippen LogP contribution in [0.1, 0.15) is 34.0 Å². The lowest BCUT2D eigenvalue weighted by Crippen LogP contribution is -2.19. The Bertz CT molecular complexity index is 648. The molecule has 0 aliphatic carbocycles. The zero-order valence-electron chi connectivity index (χ0n) is 11.8. The van der Waals surface area contributed by atoms with Crippen LogP contribution in [0.3, 0.4) is 0 Å².